The first-order valence-electron chi connectivity index (χ1n) is 3.22. The number of hydrogen-bond donors (Lipinski definition) is 0. The highest BCUT2D eigenvalue weighted by atomic mass is 16.5. The van der Waals surface area contributed by atoms with E-state index < -0.39 is 0 Å². The Morgan fingerprint density at radius 2 is 2.00 bits per heavy atom. The number of allylic oxidation sites excluding steroid dienone is 4. The Kier molecular flexibility index (Phi) is 4.38. The van der Waals surface area contributed by atoms with E-state index in [2.05, 4.69) is 6.58 Å². The van der Waals surface area contributed by atoms with Gasteiger partial charge in [-0.1, -0.05) is 18.2 Å². The first kappa shape index (κ1) is 9.02. The second-order valence-electron chi connectivity index (χ2n) is 2.23. The molecule has 0 fully saturated rings. The van der Waals surface area contributed by atoms with E-state index in [0.717, 1.165) is 5.76 Å². The number of hydrogen-bond acceptors (Lipinski definition) is 1. The lowest BCUT2D eigenvalue weighted by Crippen LogP contribution is -1.81. The van der Waals surface area contributed by atoms with Crippen molar-refractivity contribution >= 4 is 0 Å². The maximum absolute atomic E-state index is 5.02. The Morgan fingerprint density at radius 3 is 2.30 bits per heavy atom. The van der Waals surface area contributed by atoms with Crippen LogP contribution in [0.15, 0.2) is 36.1 Å². The van der Waals surface area contributed by atoms with Crippen LogP contribution in [0.4, 0.5) is 0 Å². The zero-order chi connectivity index (χ0) is 7.98. The lowest BCUT2D eigenvalue weighted by molar-refractivity contribution is 0.306. The van der Waals surface area contributed by atoms with Crippen molar-refractivity contribution in [1.82, 2.24) is 0 Å². The molecule has 0 unspecified atom stereocenters. The predicted octanol–water partition coefficient (Wildman–Crippen LogP) is 2.67. The van der Waals surface area contributed by atoms with Crippen molar-refractivity contribution in [1.29, 1.82) is 0 Å². The first-order valence-corrected chi connectivity index (χ1v) is 3.22. The normalized spacial score (nSPS) is 10.5. The minimum atomic E-state index is 0.843. The quantitative estimate of drug-likeness (QED) is 0.430. The minimum absolute atomic E-state index is 0.843. The van der Waals surface area contributed by atoms with Gasteiger partial charge in [0, 0.05) is 0 Å². The van der Waals surface area contributed by atoms with E-state index in [1.165, 1.54) is 5.57 Å². The molecule has 0 aromatic rings. The topological polar surface area (TPSA) is 9.23 Å². The summed E-state index contributed by atoms with van der Waals surface area (Å²) in [5.74, 6) is 0.843. The largest absolute Gasteiger partial charge is 0.497 e. The molecule has 0 spiro atoms. The maximum Gasteiger partial charge on any atom is 0.118 e. The van der Waals surface area contributed by atoms with E-state index in [0.29, 0.717) is 0 Å². The average molecular weight is 138 g/mol. The van der Waals surface area contributed by atoms with Gasteiger partial charge in [-0.15, -0.1) is 0 Å². The fraction of sp³-hybridized carbons (Fsp3) is 0.333. The summed E-state index contributed by atoms with van der Waals surface area (Å²) in [6.07, 6.45) is 5.49. The molecule has 1 heteroatoms. The molecule has 0 saturated heterocycles. The maximum atomic E-state index is 5.02. The van der Waals surface area contributed by atoms with Crippen LogP contribution in [0.3, 0.4) is 0 Å². The highest BCUT2D eigenvalue weighted by Crippen LogP contribution is 2.01. The average Bonchev–Trinajstić information content (AvgIpc) is 1.86. The summed E-state index contributed by atoms with van der Waals surface area (Å²) in [4.78, 5) is 0. The zero-order valence-corrected chi connectivity index (χ0v) is 6.85. The van der Waals surface area contributed by atoms with E-state index in [1.54, 1.807) is 13.2 Å². The number of methoxy groups -OCH3 is 1. The molecule has 0 atom stereocenters. The second-order valence-corrected chi connectivity index (χ2v) is 2.23. The van der Waals surface area contributed by atoms with Crippen molar-refractivity contribution in [2.24, 2.45) is 0 Å². The SMILES string of the molecule is C=C/C=C(\C=C(C)C)OC. The lowest BCUT2D eigenvalue weighted by Gasteiger charge is -1.98. The van der Waals surface area contributed by atoms with Crippen LogP contribution < -0.4 is 0 Å². The third-order valence-electron chi connectivity index (χ3n) is 0.949. The summed E-state index contributed by atoms with van der Waals surface area (Å²) >= 11 is 0. The molecule has 0 aromatic heterocycles. The van der Waals surface area contributed by atoms with Gasteiger partial charge in [0.05, 0.1) is 7.11 Å². The molecule has 0 amide bonds. The third-order valence-corrected chi connectivity index (χ3v) is 0.949. The van der Waals surface area contributed by atoms with Crippen molar-refractivity contribution in [3.8, 4) is 0 Å². The van der Waals surface area contributed by atoms with E-state index in [-0.39, 0.29) is 0 Å². The van der Waals surface area contributed by atoms with Crippen LogP contribution in [0.25, 0.3) is 0 Å². The van der Waals surface area contributed by atoms with Crippen LogP contribution in [0.2, 0.25) is 0 Å². The van der Waals surface area contributed by atoms with Crippen molar-refractivity contribution in [2.45, 2.75) is 13.8 Å². The molecule has 1 nitrogen and oxygen atoms in total. The molecule has 0 aliphatic carbocycles. The summed E-state index contributed by atoms with van der Waals surface area (Å²) in [6, 6.07) is 0. The van der Waals surface area contributed by atoms with Crippen molar-refractivity contribution in [2.75, 3.05) is 7.11 Å². The zero-order valence-electron chi connectivity index (χ0n) is 6.85. The molecular formula is C9H14O. The molecule has 0 rings (SSSR count). The molecule has 0 bridgehead atoms. The van der Waals surface area contributed by atoms with Crippen LogP contribution in [-0.4, -0.2) is 7.11 Å². The van der Waals surface area contributed by atoms with Gasteiger partial charge in [0.15, 0.2) is 0 Å². The highest BCUT2D eigenvalue weighted by Gasteiger charge is 1.85. The van der Waals surface area contributed by atoms with E-state index in [9.17, 15) is 0 Å². The summed E-state index contributed by atoms with van der Waals surface area (Å²) < 4.78 is 5.02. The smallest absolute Gasteiger partial charge is 0.118 e. The van der Waals surface area contributed by atoms with Gasteiger partial charge < -0.3 is 4.74 Å². The molecule has 0 aliphatic rings. The number of ether oxygens (including phenoxy) is 1. The van der Waals surface area contributed by atoms with Gasteiger partial charge >= 0.3 is 0 Å². The summed E-state index contributed by atoms with van der Waals surface area (Å²) in [5.41, 5.74) is 1.22. The van der Waals surface area contributed by atoms with Gasteiger partial charge in [-0.25, -0.2) is 0 Å². The molecule has 0 aromatic carbocycles. The Labute approximate surface area is 62.7 Å². The van der Waals surface area contributed by atoms with E-state index in [4.69, 9.17) is 4.74 Å². The fourth-order valence-electron chi connectivity index (χ4n) is 0.576. The Balaban J connectivity index is 4.22. The van der Waals surface area contributed by atoms with Crippen LogP contribution in [0.5, 0.6) is 0 Å². The van der Waals surface area contributed by atoms with E-state index in [1.807, 2.05) is 26.0 Å². The number of rotatable bonds is 3. The third kappa shape index (κ3) is 3.96. The van der Waals surface area contributed by atoms with Gasteiger partial charge in [0.1, 0.15) is 5.76 Å². The van der Waals surface area contributed by atoms with Gasteiger partial charge in [0.25, 0.3) is 0 Å². The van der Waals surface area contributed by atoms with Crippen LogP contribution in [0.1, 0.15) is 13.8 Å². The molecule has 0 radical (unpaired) electrons. The highest BCUT2D eigenvalue weighted by molar-refractivity contribution is 5.19. The van der Waals surface area contributed by atoms with Crippen LogP contribution >= 0.6 is 0 Å². The van der Waals surface area contributed by atoms with Gasteiger partial charge in [-0.3, -0.25) is 0 Å². The molecule has 0 N–H and O–H groups in total. The van der Waals surface area contributed by atoms with E-state index >= 15 is 0 Å². The summed E-state index contributed by atoms with van der Waals surface area (Å²) in [5, 5.41) is 0. The summed E-state index contributed by atoms with van der Waals surface area (Å²) in [7, 11) is 1.65. The van der Waals surface area contributed by atoms with Crippen LogP contribution in [0, 0.1) is 0 Å². The second kappa shape index (κ2) is 4.86. The lowest BCUT2D eigenvalue weighted by atomic mass is 10.3. The molecule has 56 valence electrons. The molecule has 0 aliphatic heterocycles. The molecule has 0 heterocycles. The molecular weight excluding hydrogens is 124 g/mol. The predicted molar refractivity (Wildman–Crippen MR) is 44.7 cm³/mol. The molecule has 10 heavy (non-hydrogen) atoms. The van der Waals surface area contributed by atoms with Gasteiger partial charge in [0.2, 0.25) is 0 Å². The standard InChI is InChI=1S/C9H14O/c1-5-6-9(10-4)7-8(2)3/h5-7H,1H2,2-4H3/b9-6+. The minimum Gasteiger partial charge on any atom is -0.497 e. The fourth-order valence-corrected chi connectivity index (χ4v) is 0.576. The van der Waals surface area contributed by atoms with Crippen molar-refractivity contribution < 1.29 is 4.74 Å². The Bertz CT molecular complexity index is 157. The van der Waals surface area contributed by atoms with Crippen molar-refractivity contribution in [3.05, 3.63) is 36.1 Å². The van der Waals surface area contributed by atoms with Crippen molar-refractivity contribution in [3.63, 3.8) is 0 Å². The van der Waals surface area contributed by atoms with Crippen LogP contribution in [-0.2, 0) is 4.74 Å². The summed E-state index contributed by atoms with van der Waals surface area (Å²) in [6.45, 7) is 7.62. The first-order chi connectivity index (χ1) is 4.70. The van der Waals surface area contributed by atoms with Gasteiger partial charge in [-0.2, -0.15) is 0 Å². The Hall–Kier alpha value is -0.980. The monoisotopic (exact) mass is 138 g/mol. The molecule has 0 saturated carbocycles. The Morgan fingerprint density at radius 1 is 1.40 bits per heavy atom. The van der Waals surface area contributed by atoms with Gasteiger partial charge in [-0.05, 0) is 26.0 Å².